The molecule has 1 aromatic heterocycles. The molecule has 1 heterocycles. The summed E-state index contributed by atoms with van der Waals surface area (Å²) < 4.78 is 10.8. The summed E-state index contributed by atoms with van der Waals surface area (Å²) >= 11 is 0. The fourth-order valence-electron chi connectivity index (χ4n) is 2.87. The van der Waals surface area contributed by atoms with Gasteiger partial charge in [-0.1, -0.05) is 12.1 Å². The summed E-state index contributed by atoms with van der Waals surface area (Å²) in [5, 5.41) is 21.6. The molecule has 0 radical (unpaired) electrons. The molecule has 152 valence electrons. The fraction of sp³-hybridized carbons (Fsp3) is 0.190. The average molecular weight is 406 g/mol. The normalized spacial score (nSPS) is 11.4. The number of nitriles is 1. The fourth-order valence-corrected chi connectivity index (χ4v) is 2.87. The third kappa shape index (κ3) is 4.12. The number of nitrogens with zero attached hydrogens (tertiary/aromatic N) is 3. The molecule has 0 saturated heterocycles. The second-order valence-corrected chi connectivity index (χ2v) is 6.60. The minimum atomic E-state index is -0.584. The van der Waals surface area contributed by atoms with Gasteiger partial charge in [0.05, 0.1) is 34.6 Å². The van der Waals surface area contributed by atoms with E-state index in [2.05, 4.69) is 9.97 Å². The van der Waals surface area contributed by atoms with Crippen molar-refractivity contribution in [3.05, 3.63) is 68.3 Å². The van der Waals surface area contributed by atoms with E-state index in [1.54, 1.807) is 38.1 Å². The molecule has 0 spiro atoms. The van der Waals surface area contributed by atoms with E-state index in [1.165, 1.54) is 25.3 Å². The lowest BCUT2D eigenvalue weighted by atomic mass is 10.1. The van der Waals surface area contributed by atoms with Crippen LogP contribution in [0.5, 0.6) is 11.5 Å². The van der Waals surface area contributed by atoms with Crippen LogP contribution in [0.15, 0.2) is 41.2 Å². The van der Waals surface area contributed by atoms with Gasteiger partial charge in [-0.25, -0.2) is 4.98 Å². The van der Waals surface area contributed by atoms with Gasteiger partial charge in [0, 0.05) is 6.07 Å². The van der Waals surface area contributed by atoms with Gasteiger partial charge in [-0.05, 0) is 43.7 Å². The zero-order valence-electron chi connectivity index (χ0n) is 16.5. The van der Waals surface area contributed by atoms with E-state index in [1.807, 2.05) is 6.07 Å². The number of hydrogen-bond donors (Lipinski definition) is 1. The highest BCUT2D eigenvalue weighted by molar-refractivity contribution is 5.89. The van der Waals surface area contributed by atoms with E-state index in [9.17, 15) is 20.2 Å². The van der Waals surface area contributed by atoms with Crippen LogP contribution in [0.1, 0.15) is 25.2 Å². The number of aromatic nitrogens is 2. The molecule has 9 nitrogen and oxygen atoms in total. The topological polar surface area (TPSA) is 131 Å². The van der Waals surface area contributed by atoms with Crippen molar-refractivity contribution in [2.75, 3.05) is 7.11 Å². The highest BCUT2D eigenvalue weighted by Gasteiger charge is 2.23. The van der Waals surface area contributed by atoms with Crippen LogP contribution in [-0.2, 0) is 0 Å². The Labute approximate surface area is 171 Å². The van der Waals surface area contributed by atoms with Gasteiger partial charge in [0.1, 0.15) is 6.07 Å². The van der Waals surface area contributed by atoms with E-state index >= 15 is 0 Å². The van der Waals surface area contributed by atoms with Crippen molar-refractivity contribution in [1.82, 2.24) is 9.97 Å². The molecule has 0 unspecified atom stereocenters. The Bertz CT molecular complexity index is 1250. The van der Waals surface area contributed by atoms with Crippen LogP contribution in [-0.4, -0.2) is 28.1 Å². The molecule has 0 aliphatic carbocycles. The van der Waals surface area contributed by atoms with Crippen molar-refractivity contribution in [1.29, 1.82) is 5.26 Å². The molecule has 0 amide bonds. The maximum Gasteiger partial charge on any atom is 0.315 e. The molecule has 0 aliphatic heterocycles. The molecule has 0 saturated carbocycles. The monoisotopic (exact) mass is 406 g/mol. The first-order valence-electron chi connectivity index (χ1n) is 8.98. The summed E-state index contributed by atoms with van der Waals surface area (Å²) in [5.41, 5.74) is 0.0999. The molecule has 9 heteroatoms. The van der Waals surface area contributed by atoms with Crippen LogP contribution in [0.2, 0.25) is 0 Å². The minimum Gasteiger partial charge on any atom is -0.493 e. The summed E-state index contributed by atoms with van der Waals surface area (Å²) in [5.74, 6) is 0.220. The SMILES string of the molecule is COc1cc(/C=C(/C#N)c2nc3ccccc3c(=O)[nH]2)cc([N+](=O)[O-])c1OC(C)C. The van der Waals surface area contributed by atoms with Crippen LogP contribution in [0, 0.1) is 21.4 Å². The third-order valence-corrected chi connectivity index (χ3v) is 4.13. The summed E-state index contributed by atoms with van der Waals surface area (Å²) in [4.78, 5) is 30.2. The van der Waals surface area contributed by atoms with Gasteiger partial charge in [0.15, 0.2) is 11.6 Å². The number of methoxy groups -OCH3 is 1. The molecular formula is C21H18N4O5. The molecule has 0 fully saturated rings. The quantitative estimate of drug-likeness (QED) is 0.375. The lowest BCUT2D eigenvalue weighted by Crippen LogP contribution is -2.11. The van der Waals surface area contributed by atoms with Crippen LogP contribution in [0.4, 0.5) is 5.69 Å². The standard InChI is InChI=1S/C21H18N4O5/c1-12(2)30-19-17(25(27)28)9-13(10-18(19)29-3)8-14(11-22)20-23-16-7-5-4-6-15(16)21(26)24-20/h4-10,12H,1-3H3,(H,23,24,26)/b14-8-. The first-order valence-corrected chi connectivity index (χ1v) is 8.98. The number of fused-ring (bicyclic) bond motifs is 1. The van der Waals surface area contributed by atoms with E-state index in [0.29, 0.717) is 16.5 Å². The van der Waals surface area contributed by atoms with E-state index < -0.39 is 4.92 Å². The van der Waals surface area contributed by atoms with Gasteiger partial charge in [-0.2, -0.15) is 5.26 Å². The maximum absolute atomic E-state index is 12.3. The molecule has 0 aliphatic rings. The van der Waals surface area contributed by atoms with Crippen LogP contribution in [0.25, 0.3) is 22.6 Å². The predicted octanol–water partition coefficient (Wildman–Crippen LogP) is 3.69. The zero-order chi connectivity index (χ0) is 21.8. The van der Waals surface area contributed by atoms with E-state index in [-0.39, 0.29) is 40.2 Å². The molecule has 3 rings (SSSR count). The van der Waals surface area contributed by atoms with Gasteiger partial charge in [-0.3, -0.25) is 14.9 Å². The summed E-state index contributed by atoms with van der Waals surface area (Å²) in [6.07, 6.45) is 1.09. The highest BCUT2D eigenvalue weighted by atomic mass is 16.6. The molecule has 2 aromatic carbocycles. The zero-order valence-corrected chi connectivity index (χ0v) is 16.5. The van der Waals surface area contributed by atoms with Crippen LogP contribution in [0.3, 0.4) is 0 Å². The Morgan fingerprint density at radius 3 is 2.70 bits per heavy atom. The predicted molar refractivity (Wildman–Crippen MR) is 111 cm³/mol. The van der Waals surface area contributed by atoms with Gasteiger partial charge < -0.3 is 14.5 Å². The number of nitrogens with one attached hydrogen (secondary N) is 1. The number of para-hydroxylation sites is 1. The van der Waals surface area contributed by atoms with E-state index in [4.69, 9.17) is 9.47 Å². The number of benzene rings is 2. The number of H-pyrrole nitrogens is 1. The van der Waals surface area contributed by atoms with Crippen molar-refractivity contribution in [2.24, 2.45) is 0 Å². The van der Waals surface area contributed by atoms with Gasteiger partial charge in [-0.15, -0.1) is 0 Å². The molecular weight excluding hydrogens is 388 g/mol. The van der Waals surface area contributed by atoms with Crippen molar-refractivity contribution < 1.29 is 14.4 Å². The Morgan fingerprint density at radius 2 is 2.07 bits per heavy atom. The number of aromatic amines is 1. The molecule has 1 N–H and O–H groups in total. The number of rotatable bonds is 6. The Kier molecular flexibility index (Phi) is 5.78. The van der Waals surface area contributed by atoms with Crippen LogP contribution >= 0.6 is 0 Å². The largest absolute Gasteiger partial charge is 0.493 e. The minimum absolute atomic E-state index is 0.00500. The lowest BCUT2D eigenvalue weighted by Gasteiger charge is -2.14. The Balaban J connectivity index is 2.17. The molecule has 3 aromatic rings. The smallest absolute Gasteiger partial charge is 0.315 e. The van der Waals surface area contributed by atoms with Crippen molar-refractivity contribution in [2.45, 2.75) is 20.0 Å². The first kappa shape index (κ1) is 20.5. The Hall–Kier alpha value is -4.19. The number of nitro groups is 1. The lowest BCUT2D eigenvalue weighted by molar-refractivity contribution is -0.386. The van der Waals surface area contributed by atoms with Crippen molar-refractivity contribution >= 4 is 28.2 Å². The van der Waals surface area contributed by atoms with Crippen molar-refractivity contribution in [3.63, 3.8) is 0 Å². The number of ether oxygens (including phenoxy) is 2. The van der Waals surface area contributed by atoms with Gasteiger partial charge >= 0.3 is 5.69 Å². The second kappa shape index (κ2) is 8.45. The summed E-state index contributed by atoms with van der Waals surface area (Å²) in [7, 11) is 1.37. The van der Waals surface area contributed by atoms with Gasteiger partial charge in [0.25, 0.3) is 5.56 Å². The van der Waals surface area contributed by atoms with E-state index in [0.717, 1.165) is 0 Å². The number of allylic oxidation sites excluding steroid dienone is 1. The summed E-state index contributed by atoms with van der Waals surface area (Å²) in [6.45, 7) is 3.49. The summed E-state index contributed by atoms with van der Waals surface area (Å²) in [6, 6.07) is 11.5. The van der Waals surface area contributed by atoms with Crippen molar-refractivity contribution in [3.8, 4) is 17.6 Å². The third-order valence-electron chi connectivity index (χ3n) is 4.13. The molecule has 0 bridgehead atoms. The Morgan fingerprint density at radius 1 is 1.33 bits per heavy atom. The maximum atomic E-state index is 12.3. The highest BCUT2D eigenvalue weighted by Crippen LogP contribution is 2.39. The molecule has 30 heavy (non-hydrogen) atoms. The number of hydrogen-bond acceptors (Lipinski definition) is 7. The van der Waals surface area contributed by atoms with Crippen LogP contribution < -0.4 is 15.0 Å². The second-order valence-electron chi connectivity index (χ2n) is 6.60. The molecule has 0 atom stereocenters. The van der Waals surface area contributed by atoms with Gasteiger partial charge in [0.2, 0.25) is 5.75 Å². The average Bonchev–Trinajstić information content (AvgIpc) is 2.72. The first-order chi connectivity index (χ1) is 14.3. The number of nitro benzene ring substituents is 1.